The van der Waals surface area contributed by atoms with Crippen LogP contribution in [-0.4, -0.2) is 30.4 Å². The summed E-state index contributed by atoms with van der Waals surface area (Å²) in [4.78, 5) is 24.5. The summed E-state index contributed by atoms with van der Waals surface area (Å²) in [6.45, 7) is 0. The minimum atomic E-state index is -0.591. The van der Waals surface area contributed by atoms with Gasteiger partial charge < -0.3 is 0 Å². The number of rotatable bonds is 1. The van der Waals surface area contributed by atoms with Crippen molar-refractivity contribution in [3.8, 4) is 0 Å². The maximum atomic E-state index is 11.3. The molecule has 2 heterocycles. The average Bonchev–Trinajstić information content (AvgIpc) is 2.17. The molecule has 0 saturated heterocycles. The molecule has 0 fully saturated rings. The molecule has 0 aliphatic heterocycles. The fourth-order valence-electron chi connectivity index (χ4n) is 0.956. The normalized spacial score (nSPS) is 10.4. The lowest BCUT2D eigenvalue weighted by atomic mass is 10.5. The first kappa shape index (κ1) is 8.53. The van der Waals surface area contributed by atoms with Gasteiger partial charge in [-0.2, -0.15) is 4.98 Å². The molecule has 8 nitrogen and oxygen atoms in total. The number of H-pyrrole nitrogens is 1. The molecule has 8 heteroatoms. The number of nitrogens with zero attached hydrogens (tertiary/aromatic N) is 4. The van der Waals surface area contributed by atoms with Crippen LogP contribution in [0.1, 0.15) is 0 Å². The molecule has 0 amide bonds. The summed E-state index contributed by atoms with van der Waals surface area (Å²) in [6, 6.07) is 0. The van der Waals surface area contributed by atoms with E-state index < -0.39 is 11.5 Å². The van der Waals surface area contributed by atoms with E-state index >= 15 is 0 Å². The average molecular weight is 195 g/mol. The Bertz CT molecular complexity index is 522. The fraction of sp³-hybridized carbons (Fsp3) is 0. The van der Waals surface area contributed by atoms with Gasteiger partial charge in [-0.1, -0.05) is 5.23 Å². The molecule has 0 spiro atoms. The van der Waals surface area contributed by atoms with Gasteiger partial charge in [0.05, 0.1) is 0 Å². The zero-order valence-corrected chi connectivity index (χ0v) is 6.75. The minimum Gasteiger partial charge on any atom is -0.287 e. The zero-order valence-electron chi connectivity index (χ0n) is 6.75. The van der Waals surface area contributed by atoms with Crippen LogP contribution >= 0.6 is 0 Å². The summed E-state index contributed by atoms with van der Waals surface area (Å²) >= 11 is 0. The molecular weight excluding hydrogens is 190 g/mol. The van der Waals surface area contributed by atoms with Crippen LogP contribution < -0.4 is 10.8 Å². The summed E-state index contributed by atoms with van der Waals surface area (Å²) in [5.41, 5.74) is -0.511. The third-order valence-electron chi connectivity index (χ3n) is 1.52. The van der Waals surface area contributed by atoms with E-state index in [0.29, 0.717) is 0 Å². The van der Waals surface area contributed by atoms with Crippen LogP contribution in [0.25, 0.3) is 11.2 Å². The fourth-order valence-corrected chi connectivity index (χ4v) is 0.956. The van der Waals surface area contributed by atoms with Crippen molar-refractivity contribution in [3.05, 3.63) is 22.7 Å². The van der Waals surface area contributed by atoms with Crippen LogP contribution in [0.15, 0.2) is 17.2 Å². The third kappa shape index (κ3) is 1.28. The van der Waals surface area contributed by atoms with Gasteiger partial charge in [0.1, 0.15) is 0 Å². The van der Waals surface area contributed by atoms with Crippen LogP contribution in [0.3, 0.4) is 0 Å². The molecule has 3 N–H and O–H groups in total. The van der Waals surface area contributed by atoms with Crippen molar-refractivity contribution in [3.63, 3.8) is 0 Å². The molecule has 0 aromatic carbocycles. The molecule has 2 aromatic heterocycles. The Morgan fingerprint density at radius 3 is 2.71 bits per heavy atom. The van der Waals surface area contributed by atoms with Crippen molar-refractivity contribution >= 4 is 17.1 Å². The number of nitrogens with one attached hydrogen (secondary N) is 1. The number of aromatic amines is 1. The van der Waals surface area contributed by atoms with E-state index in [1.807, 2.05) is 0 Å². The van der Waals surface area contributed by atoms with E-state index in [1.54, 1.807) is 0 Å². The molecule has 14 heavy (non-hydrogen) atoms. The lowest BCUT2D eigenvalue weighted by molar-refractivity contribution is 0.0242. The molecule has 0 aliphatic rings. The second-order valence-corrected chi connectivity index (χ2v) is 2.41. The number of hydrogen-bond acceptors (Lipinski definition) is 7. The van der Waals surface area contributed by atoms with Crippen LogP contribution in [-0.2, 0) is 0 Å². The quantitative estimate of drug-likeness (QED) is 0.515. The first-order valence-corrected chi connectivity index (χ1v) is 3.57. The largest absolute Gasteiger partial charge is 0.287 e. The van der Waals surface area contributed by atoms with Crippen molar-refractivity contribution in [1.82, 2.24) is 19.9 Å². The third-order valence-corrected chi connectivity index (χ3v) is 1.52. The monoisotopic (exact) mass is 195 g/mol. The van der Waals surface area contributed by atoms with Gasteiger partial charge in [0, 0.05) is 12.4 Å². The number of hydrogen-bond donors (Lipinski definition) is 3. The Morgan fingerprint density at radius 1 is 1.29 bits per heavy atom. The van der Waals surface area contributed by atoms with Crippen LogP contribution in [0.4, 0.5) is 5.95 Å². The molecule has 0 aliphatic carbocycles. The van der Waals surface area contributed by atoms with Gasteiger partial charge in [-0.15, -0.1) is 0 Å². The lowest BCUT2D eigenvalue weighted by Gasteiger charge is -2.05. The van der Waals surface area contributed by atoms with E-state index in [-0.39, 0.29) is 16.4 Å². The Labute approximate surface area is 76.4 Å². The Morgan fingerprint density at radius 2 is 2.00 bits per heavy atom. The van der Waals surface area contributed by atoms with Crippen molar-refractivity contribution in [2.75, 3.05) is 5.23 Å². The molecule has 0 unspecified atom stereocenters. The summed E-state index contributed by atoms with van der Waals surface area (Å²) < 4.78 is 0. The summed E-state index contributed by atoms with van der Waals surface area (Å²) in [6.07, 6.45) is 2.69. The van der Waals surface area contributed by atoms with E-state index in [1.165, 1.54) is 12.4 Å². The van der Waals surface area contributed by atoms with Crippen molar-refractivity contribution in [1.29, 1.82) is 0 Å². The highest BCUT2D eigenvalue weighted by Crippen LogP contribution is 2.03. The number of aromatic nitrogens is 4. The molecule has 72 valence electrons. The zero-order chi connectivity index (χ0) is 10.1. The van der Waals surface area contributed by atoms with E-state index in [9.17, 15) is 4.79 Å². The van der Waals surface area contributed by atoms with E-state index in [2.05, 4.69) is 19.9 Å². The highest BCUT2D eigenvalue weighted by Gasteiger charge is 2.08. The second-order valence-electron chi connectivity index (χ2n) is 2.41. The van der Waals surface area contributed by atoms with Gasteiger partial charge in [-0.05, 0) is 0 Å². The van der Waals surface area contributed by atoms with E-state index in [4.69, 9.17) is 10.4 Å². The van der Waals surface area contributed by atoms with Gasteiger partial charge in [0.25, 0.3) is 11.5 Å². The molecule has 0 radical (unpaired) electrons. The number of anilines is 1. The van der Waals surface area contributed by atoms with Crippen molar-refractivity contribution < 1.29 is 10.4 Å². The highest BCUT2D eigenvalue weighted by molar-refractivity contribution is 5.68. The van der Waals surface area contributed by atoms with E-state index in [0.717, 1.165) is 0 Å². The first-order valence-electron chi connectivity index (χ1n) is 3.57. The predicted molar refractivity (Wildman–Crippen MR) is 44.0 cm³/mol. The first-order chi connectivity index (χ1) is 6.68. The highest BCUT2D eigenvalue weighted by atomic mass is 16.8. The molecule has 0 bridgehead atoms. The van der Waals surface area contributed by atoms with Crippen molar-refractivity contribution in [2.45, 2.75) is 0 Å². The molecule has 2 aromatic rings. The smallest absolute Gasteiger partial charge is 0.280 e. The lowest BCUT2D eigenvalue weighted by Crippen LogP contribution is -2.20. The number of fused-ring (bicyclic) bond motifs is 1. The van der Waals surface area contributed by atoms with Gasteiger partial charge in [0.15, 0.2) is 11.2 Å². The Balaban J connectivity index is 2.79. The minimum absolute atomic E-state index is 0.0399. The van der Waals surface area contributed by atoms with Gasteiger partial charge in [-0.25, -0.2) is 9.97 Å². The maximum Gasteiger partial charge on any atom is 0.280 e. The molecular formula is C6H5N5O3. The van der Waals surface area contributed by atoms with Crippen molar-refractivity contribution in [2.24, 2.45) is 0 Å². The Kier molecular flexibility index (Phi) is 1.84. The summed E-state index contributed by atoms with van der Waals surface area (Å²) in [7, 11) is 0. The summed E-state index contributed by atoms with van der Waals surface area (Å²) in [5, 5.41) is 16.9. The maximum absolute atomic E-state index is 11.3. The second kappa shape index (κ2) is 3.01. The van der Waals surface area contributed by atoms with Crippen LogP contribution in [0.2, 0.25) is 0 Å². The predicted octanol–water partition coefficient (Wildman–Crippen LogP) is -0.702. The van der Waals surface area contributed by atoms with Gasteiger partial charge in [-0.3, -0.25) is 20.2 Å². The topological polar surface area (TPSA) is 115 Å². The molecule has 2 rings (SSSR count). The standard InChI is InChI=1S/C6H5N5O3/c12-5-3-4(8-2-1-7-3)9-6(10-5)11(13)14/h1-2,13-14H,(H,8,9,10,12). The van der Waals surface area contributed by atoms with Gasteiger partial charge >= 0.3 is 0 Å². The Hall–Kier alpha value is -2.06. The molecule has 0 saturated carbocycles. The van der Waals surface area contributed by atoms with Crippen LogP contribution in [0, 0.1) is 0 Å². The molecule has 0 atom stereocenters. The SMILES string of the molecule is O=c1[nH]c(N(O)O)nc2nccnc12. The van der Waals surface area contributed by atoms with Gasteiger partial charge in [0.2, 0.25) is 0 Å². The summed E-state index contributed by atoms with van der Waals surface area (Å²) in [5.74, 6) is -0.414. The van der Waals surface area contributed by atoms with Crippen LogP contribution in [0.5, 0.6) is 0 Å².